The lowest BCUT2D eigenvalue weighted by Gasteiger charge is -2.21. The number of benzene rings is 2. The topological polar surface area (TPSA) is 82.0 Å². The summed E-state index contributed by atoms with van der Waals surface area (Å²) < 4.78 is 30.9. The van der Waals surface area contributed by atoms with E-state index in [0.29, 0.717) is 16.3 Å². The third-order valence-corrected chi connectivity index (χ3v) is 5.41. The molecule has 0 amide bonds. The summed E-state index contributed by atoms with van der Waals surface area (Å²) in [7, 11) is 1.74. The lowest BCUT2D eigenvalue weighted by molar-refractivity contribution is 0.454. The number of thiocarbonyl (C=S) groups is 1. The standard InChI is InChI=1S/C24H25F2N3O2.C2H5NS/c1-15(2)22-16(3)28(13-18-19(25)11-8-12-20(18)26)24(31)29(23(22)30)14-21(27-4)17-9-6-5-7-10-17;1-2(3)4/h5-12,21,27H,1,13-14H2,2-4H3;1H3,(H2,3,4)/t21-;/m0./s1. The zero-order valence-electron chi connectivity index (χ0n) is 20.3. The number of rotatable bonds is 7. The van der Waals surface area contributed by atoms with Crippen molar-refractivity contribution in [1.82, 2.24) is 14.5 Å². The van der Waals surface area contributed by atoms with Crippen molar-refractivity contribution in [2.45, 2.75) is 39.9 Å². The monoisotopic (exact) mass is 500 g/mol. The van der Waals surface area contributed by atoms with Gasteiger partial charge in [0.25, 0.3) is 5.56 Å². The van der Waals surface area contributed by atoms with E-state index in [-0.39, 0.29) is 30.3 Å². The second kappa shape index (κ2) is 12.3. The Kier molecular flexibility index (Phi) is 9.79. The number of allylic oxidation sites excluding steroid dienone is 1. The van der Waals surface area contributed by atoms with Crippen molar-refractivity contribution in [3.8, 4) is 0 Å². The molecule has 0 saturated carbocycles. The van der Waals surface area contributed by atoms with Gasteiger partial charge in [0.2, 0.25) is 0 Å². The van der Waals surface area contributed by atoms with Gasteiger partial charge in [-0.2, -0.15) is 0 Å². The molecule has 0 bridgehead atoms. The number of nitrogens with zero attached hydrogens (tertiary/aromatic N) is 2. The Morgan fingerprint density at radius 2 is 1.60 bits per heavy atom. The summed E-state index contributed by atoms with van der Waals surface area (Å²) >= 11 is 4.31. The van der Waals surface area contributed by atoms with Gasteiger partial charge in [0.15, 0.2) is 0 Å². The van der Waals surface area contributed by atoms with Gasteiger partial charge in [-0.15, -0.1) is 0 Å². The molecule has 186 valence electrons. The number of hydrogen-bond acceptors (Lipinski definition) is 4. The van der Waals surface area contributed by atoms with E-state index >= 15 is 0 Å². The van der Waals surface area contributed by atoms with E-state index in [2.05, 4.69) is 24.1 Å². The molecular formula is C26H30F2N4O2S. The molecule has 0 aliphatic carbocycles. The molecule has 6 nitrogen and oxygen atoms in total. The summed E-state index contributed by atoms with van der Waals surface area (Å²) in [5.74, 6) is -1.50. The van der Waals surface area contributed by atoms with Gasteiger partial charge in [0, 0.05) is 11.3 Å². The van der Waals surface area contributed by atoms with E-state index in [1.807, 2.05) is 30.3 Å². The maximum atomic E-state index is 14.3. The average molecular weight is 501 g/mol. The second-order valence-corrected chi connectivity index (χ2v) is 8.73. The largest absolute Gasteiger partial charge is 0.394 e. The van der Waals surface area contributed by atoms with Gasteiger partial charge in [-0.05, 0) is 51.1 Å². The predicted octanol–water partition coefficient (Wildman–Crippen LogP) is 3.93. The van der Waals surface area contributed by atoms with E-state index in [1.54, 1.807) is 27.8 Å². The van der Waals surface area contributed by atoms with Crippen LogP contribution in [-0.4, -0.2) is 21.2 Å². The Balaban J connectivity index is 0.00000100. The Morgan fingerprint density at radius 1 is 1.06 bits per heavy atom. The third-order valence-electron chi connectivity index (χ3n) is 5.41. The van der Waals surface area contributed by atoms with Crippen LogP contribution in [-0.2, 0) is 13.1 Å². The lowest BCUT2D eigenvalue weighted by Crippen LogP contribution is -2.45. The number of nitrogens with two attached hydrogens (primary N) is 1. The van der Waals surface area contributed by atoms with E-state index in [1.165, 1.54) is 10.6 Å². The van der Waals surface area contributed by atoms with Crippen LogP contribution in [0, 0.1) is 18.6 Å². The van der Waals surface area contributed by atoms with Gasteiger partial charge in [-0.25, -0.2) is 13.6 Å². The molecule has 3 N–H and O–H groups in total. The van der Waals surface area contributed by atoms with Gasteiger partial charge in [-0.3, -0.25) is 13.9 Å². The maximum absolute atomic E-state index is 14.3. The third kappa shape index (κ3) is 6.80. The highest BCUT2D eigenvalue weighted by atomic mass is 32.1. The van der Waals surface area contributed by atoms with Crippen molar-refractivity contribution in [3.63, 3.8) is 0 Å². The Bertz CT molecular complexity index is 1310. The number of likely N-dealkylation sites (N-methyl/N-ethyl adjacent to an activating group) is 1. The van der Waals surface area contributed by atoms with E-state index in [9.17, 15) is 18.4 Å². The summed E-state index contributed by atoms with van der Waals surface area (Å²) in [6.07, 6.45) is 0. The highest BCUT2D eigenvalue weighted by molar-refractivity contribution is 7.80. The minimum Gasteiger partial charge on any atom is -0.394 e. The average Bonchev–Trinajstić information content (AvgIpc) is 2.78. The zero-order chi connectivity index (χ0) is 26.3. The van der Waals surface area contributed by atoms with Crippen LogP contribution in [0.5, 0.6) is 0 Å². The predicted molar refractivity (Wildman–Crippen MR) is 141 cm³/mol. The number of aromatic nitrogens is 2. The number of nitrogens with one attached hydrogen (secondary N) is 1. The van der Waals surface area contributed by atoms with Crippen LogP contribution in [0.1, 0.15) is 42.3 Å². The van der Waals surface area contributed by atoms with Gasteiger partial charge in [0.05, 0.1) is 29.7 Å². The molecule has 1 atom stereocenters. The fraction of sp³-hybridized carbons (Fsp3) is 0.269. The smallest absolute Gasteiger partial charge is 0.331 e. The Labute approximate surface area is 208 Å². The van der Waals surface area contributed by atoms with Crippen LogP contribution in [0.3, 0.4) is 0 Å². The molecule has 0 unspecified atom stereocenters. The Morgan fingerprint density at radius 3 is 2.09 bits per heavy atom. The van der Waals surface area contributed by atoms with Crippen LogP contribution in [0.2, 0.25) is 0 Å². The molecule has 1 aromatic heterocycles. The van der Waals surface area contributed by atoms with E-state index < -0.39 is 22.9 Å². The summed E-state index contributed by atoms with van der Waals surface area (Å²) in [5, 5.41) is 3.12. The molecular weight excluding hydrogens is 470 g/mol. The van der Waals surface area contributed by atoms with Crippen molar-refractivity contribution in [1.29, 1.82) is 0 Å². The first kappa shape index (κ1) is 27.8. The van der Waals surface area contributed by atoms with Crippen molar-refractivity contribution in [3.05, 3.63) is 110 Å². The SMILES string of the molecule is C=C(C)c1c(C)n(Cc2c(F)cccc2F)c(=O)n(C[C@H](NC)c2ccccc2)c1=O.CC(N)=S. The van der Waals surface area contributed by atoms with E-state index in [0.717, 1.165) is 22.3 Å². The lowest BCUT2D eigenvalue weighted by atomic mass is 10.1. The molecule has 0 radical (unpaired) electrons. The first-order valence-corrected chi connectivity index (χ1v) is 11.3. The van der Waals surface area contributed by atoms with E-state index in [4.69, 9.17) is 5.73 Å². The second-order valence-electron chi connectivity index (χ2n) is 8.09. The van der Waals surface area contributed by atoms with Crippen LogP contribution >= 0.6 is 12.2 Å². The number of halogens is 2. The zero-order valence-corrected chi connectivity index (χ0v) is 21.1. The molecule has 0 spiro atoms. The maximum Gasteiger partial charge on any atom is 0.331 e. The van der Waals surface area contributed by atoms with Crippen molar-refractivity contribution in [2.75, 3.05) is 7.05 Å². The molecule has 3 aromatic rings. The Hall–Kier alpha value is -3.43. The summed E-state index contributed by atoms with van der Waals surface area (Å²) in [4.78, 5) is 27.0. The highest BCUT2D eigenvalue weighted by Crippen LogP contribution is 2.18. The molecule has 1 heterocycles. The molecule has 35 heavy (non-hydrogen) atoms. The van der Waals surface area contributed by atoms with Crippen LogP contribution in [0.15, 0.2) is 64.7 Å². The van der Waals surface area contributed by atoms with Gasteiger partial charge >= 0.3 is 5.69 Å². The van der Waals surface area contributed by atoms with Crippen molar-refractivity contribution < 1.29 is 8.78 Å². The molecule has 0 aliphatic heterocycles. The van der Waals surface area contributed by atoms with Gasteiger partial charge < -0.3 is 11.1 Å². The molecule has 0 aliphatic rings. The first-order valence-electron chi connectivity index (χ1n) is 10.9. The summed E-state index contributed by atoms with van der Waals surface area (Å²) in [6, 6.07) is 12.6. The molecule has 0 saturated heterocycles. The highest BCUT2D eigenvalue weighted by Gasteiger charge is 2.21. The van der Waals surface area contributed by atoms with Gasteiger partial charge in [0.1, 0.15) is 11.6 Å². The van der Waals surface area contributed by atoms with Gasteiger partial charge in [-0.1, -0.05) is 55.2 Å². The minimum atomic E-state index is -0.752. The minimum absolute atomic E-state index is 0.0541. The fourth-order valence-electron chi connectivity index (χ4n) is 3.71. The van der Waals surface area contributed by atoms with Crippen molar-refractivity contribution in [2.24, 2.45) is 5.73 Å². The molecule has 0 fully saturated rings. The fourth-order valence-corrected chi connectivity index (χ4v) is 3.71. The normalized spacial score (nSPS) is 11.4. The van der Waals surface area contributed by atoms with Crippen LogP contribution in [0.25, 0.3) is 5.57 Å². The summed E-state index contributed by atoms with van der Waals surface area (Å²) in [5.41, 5.74) is 5.46. The van der Waals surface area contributed by atoms with Crippen LogP contribution < -0.4 is 22.3 Å². The molecule has 9 heteroatoms. The molecule has 2 aromatic carbocycles. The number of hydrogen-bond donors (Lipinski definition) is 2. The first-order chi connectivity index (χ1) is 16.5. The molecule has 3 rings (SSSR count). The van der Waals surface area contributed by atoms with Crippen molar-refractivity contribution >= 4 is 22.8 Å². The quantitative estimate of drug-likeness (QED) is 0.481. The summed E-state index contributed by atoms with van der Waals surface area (Å²) in [6.45, 7) is 8.51. The van der Waals surface area contributed by atoms with Crippen LogP contribution in [0.4, 0.5) is 8.78 Å².